The molecule has 6 heteroatoms. The normalized spacial score (nSPS) is 29.3. The standard InChI is InChI=1S/C22H23NO5/c1-23-17-12-16(27-21(25)14-8-4-2-5-9-14)13-18(23)20(19(17)24)28-22(26)15-10-6-3-7-11-15/h2-11,16-20,24H,12-13H2,1H3. The first-order valence-electron chi connectivity index (χ1n) is 9.46. The van der Waals surface area contributed by atoms with Crippen LogP contribution in [0.15, 0.2) is 60.7 Å². The van der Waals surface area contributed by atoms with Gasteiger partial charge in [0, 0.05) is 18.9 Å². The van der Waals surface area contributed by atoms with Crippen LogP contribution in [-0.2, 0) is 9.47 Å². The molecule has 2 fully saturated rings. The van der Waals surface area contributed by atoms with Crippen LogP contribution in [0, 0.1) is 0 Å². The van der Waals surface area contributed by atoms with Gasteiger partial charge in [-0.05, 0) is 31.3 Å². The van der Waals surface area contributed by atoms with Gasteiger partial charge in [-0.15, -0.1) is 0 Å². The van der Waals surface area contributed by atoms with Crippen molar-refractivity contribution in [3.63, 3.8) is 0 Å². The number of nitrogens with zero attached hydrogens (tertiary/aromatic N) is 1. The molecule has 5 unspecified atom stereocenters. The maximum Gasteiger partial charge on any atom is 0.338 e. The monoisotopic (exact) mass is 381 g/mol. The van der Waals surface area contributed by atoms with Crippen LogP contribution < -0.4 is 0 Å². The first-order chi connectivity index (χ1) is 13.5. The minimum Gasteiger partial charge on any atom is -0.459 e. The third-order valence-electron chi connectivity index (χ3n) is 5.70. The van der Waals surface area contributed by atoms with Gasteiger partial charge >= 0.3 is 11.9 Å². The number of carbonyl (C=O) groups is 2. The zero-order valence-electron chi connectivity index (χ0n) is 15.6. The smallest absolute Gasteiger partial charge is 0.338 e. The quantitative estimate of drug-likeness (QED) is 0.819. The molecule has 2 aliphatic heterocycles. The molecule has 2 aromatic rings. The molecule has 0 saturated carbocycles. The van der Waals surface area contributed by atoms with E-state index in [1.165, 1.54) is 0 Å². The Morgan fingerprint density at radius 2 is 1.36 bits per heavy atom. The van der Waals surface area contributed by atoms with E-state index in [1.807, 2.05) is 24.1 Å². The van der Waals surface area contributed by atoms with Crippen molar-refractivity contribution in [1.82, 2.24) is 4.90 Å². The summed E-state index contributed by atoms with van der Waals surface area (Å²) in [6.07, 6.45) is -0.776. The number of benzene rings is 2. The summed E-state index contributed by atoms with van der Waals surface area (Å²) in [5, 5.41) is 10.7. The number of likely N-dealkylation sites (N-methyl/N-ethyl adjacent to an activating group) is 1. The highest BCUT2D eigenvalue weighted by molar-refractivity contribution is 5.90. The molecule has 6 nitrogen and oxygen atoms in total. The number of piperidine rings is 1. The molecular weight excluding hydrogens is 358 g/mol. The fourth-order valence-electron chi connectivity index (χ4n) is 4.21. The minimum atomic E-state index is -0.817. The number of hydrogen-bond donors (Lipinski definition) is 1. The highest BCUT2D eigenvalue weighted by atomic mass is 16.6. The summed E-state index contributed by atoms with van der Waals surface area (Å²) in [5.41, 5.74) is 0.951. The van der Waals surface area contributed by atoms with Gasteiger partial charge in [0.15, 0.2) is 0 Å². The maximum absolute atomic E-state index is 12.4. The van der Waals surface area contributed by atoms with Crippen LogP contribution in [0.4, 0.5) is 0 Å². The Morgan fingerprint density at radius 3 is 1.93 bits per heavy atom. The van der Waals surface area contributed by atoms with Crippen molar-refractivity contribution < 1.29 is 24.2 Å². The molecule has 0 spiro atoms. The zero-order valence-corrected chi connectivity index (χ0v) is 15.6. The van der Waals surface area contributed by atoms with Crippen molar-refractivity contribution >= 4 is 11.9 Å². The zero-order chi connectivity index (χ0) is 19.7. The Kier molecular flexibility index (Phi) is 5.15. The summed E-state index contributed by atoms with van der Waals surface area (Å²) in [6.45, 7) is 0. The Bertz CT molecular complexity index is 841. The van der Waals surface area contributed by atoms with Crippen molar-refractivity contribution in [3.05, 3.63) is 71.8 Å². The van der Waals surface area contributed by atoms with Crippen molar-refractivity contribution in [2.24, 2.45) is 0 Å². The number of ether oxygens (including phenoxy) is 2. The first kappa shape index (κ1) is 18.7. The van der Waals surface area contributed by atoms with E-state index >= 15 is 0 Å². The van der Waals surface area contributed by atoms with Crippen LogP contribution in [-0.4, -0.2) is 59.4 Å². The average Bonchev–Trinajstić information content (AvgIpc) is 2.85. The van der Waals surface area contributed by atoms with Gasteiger partial charge in [-0.25, -0.2) is 9.59 Å². The average molecular weight is 381 g/mol. The Hall–Kier alpha value is -2.70. The summed E-state index contributed by atoms with van der Waals surface area (Å²) in [4.78, 5) is 26.8. The topological polar surface area (TPSA) is 76.1 Å². The number of aliphatic hydroxyl groups excluding tert-OH is 1. The third-order valence-corrected chi connectivity index (χ3v) is 5.70. The Morgan fingerprint density at radius 1 is 0.857 bits per heavy atom. The summed E-state index contributed by atoms with van der Waals surface area (Å²) < 4.78 is 11.3. The Balaban J connectivity index is 1.45. The van der Waals surface area contributed by atoms with Crippen molar-refractivity contribution in [2.75, 3.05) is 7.05 Å². The largest absolute Gasteiger partial charge is 0.459 e. The summed E-state index contributed by atoms with van der Waals surface area (Å²) >= 11 is 0. The molecule has 0 amide bonds. The number of carbonyl (C=O) groups excluding carboxylic acids is 2. The van der Waals surface area contributed by atoms with Crippen molar-refractivity contribution in [1.29, 1.82) is 0 Å². The van der Waals surface area contributed by atoms with E-state index in [0.29, 0.717) is 24.0 Å². The number of rotatable bonds is 4. The molecule has 2 saturated heterocycles. The molecule has 2 aromatic carbocycles. The van der Waals surface area contributed by atoms with Crippen LogP contribution in [0.3, 0.4) is 0 Å². The lowest BCUT2D eigenvalue weighted by molar-refractivity contribution is -0.0173. The second-order valence-corrected chi connectivity index (χ2v) is 7.39. The fraction of sp³-hybridized carbons (Fsp3) is 0.364. The van der Waals surface area contributed by atoms with E-state index in [0.717, 1.165) is 0 Å². The van der Waals surface area contributed by atoms with Gasteiger partial charge < -0.3 is 14.6 Å². The molecular formula is C22H23NO5. The van der Waals surface area contributed by atoms with Gasteiger partial charge in [0.05, 0.1) is 17.2 Å². The Labute approximate surface area is 163 Å². The number of fused-ring (bicyclic) bond motifs is 2. The van der Waals surface area contributed by atoms with Crippen molar-refractivity contribution in [3.8, 4) is 0 Å². The molecule has 0 radical (unpaired) electrons. The van der Waals surface area contributed by atoms with Crippen LogP contribution in [0.1, 0.15) is 33.6 Å². The molecule has 0 aromatic heterocycles. The van der Waals surface area contributed by atoms with Gasteiger partial charge in [-0.2, -0.15) is 0 Å². The third kappa shape index (κ3) is 3.53. The van der Waals surface area contributed by atoms with Crippen LogP contribution >= 0.6 is 0 Å². The molecule has 0 aliphatic carbocycles. The summed E-state index contributed by atoms with van der Waals surface area (Å²) in [6, 6.07) is 17.2. The lowest BCUT2D eigenvalue weighted by Crippen LogP contribution is -2.46. The van der Waals surface area contributed by atoms with Gasteiger partial charge in [0.2, 0.25) is 0 Å². The number of hydrogen-bond acceptors (Lipinski definition) is 6. The lowest BCUT2D eigenvalue weighted by Gasteiger charge is -2.36. The molecule has 1 N–H and O–H groups in total. The maximum atomic E-state index is 12.4. The van der Waals surface area contributed by atoms with Crippen LogP contribution in [0.2, 0.25) is 0 Å². The number of aliphatic hydroxyl groups is 1. The van der Waals surface area contributed by atoms with Gasteiger partial charge in [-0.3, -0.25) is 4.90 Å². The van der Waals surface area contributed by atoms with E-state index < -0.39 is 18.2 Å². The van der Waals surface area contributed by atoms with Crippen LogP contribution in [0.25, 0.3) is 0 Å². The van der Waals surface area contributed by atoms with E-state index in [2.05, 4.69) is 0 Å². The highest BCUT2D eigenvalue weighted by Gasteiger charge is 2.54. The minimum absolute atomic E-state index is 0.199. The van der Waals surface area contributed by atoms with Crippen LogP contribution in [0.5, 0.6) is 0 Å². The second-order valence-electron chi connectivity index (χ2n) is 7.39. The highest BCUT2D eigenvalue weighted by Crippen LogP contribution is 2.38. The van der Waals surface area contributed by atoms with Gasteiger partial charge in [0.1, 0.15) is 18.3 Å². The molecule has 2 bridgehead atoms. The predicted molar refractivity (Wildman–Crippen MR) is 102 cm³/mol. The van der Waals surface area contributed by atoms with Gasteiger partial charge in [-0.1, -0.05) is 36.4 Å². The molecule has 2 heterocycles. The van der Waals surface area contributed by atoms with E-state index in [1.54, 1.807) is 48.5 Å². The van der Waals surface area contributed by atoms with E-state index in [9.17, 15) is 14.7 Å². The molecule has 146 valence electrons. The van der Waals surface area contributed by atoms with E-state index in [-0.39, 0.29) is 24.2 Å². The first-order valence-corrected chi connectivity index (χ1v) is 9.46. The second kappa shape index (κ2) is 7.73. The number of esters is 2. The summed E-state index contributed by atoms with van der Waals surface area (Å²) in [7, 11) is 1.91. The van der Waals surface area contributed by atoms with Crippen molar-refractivity contribution in [2.45, 2.75) is 43.2 Å². The summed E-state index contributed by atoms with van der Waals surface area (Å²) in [5.74, 6) is -0.828. The SMILES string of the molecule is CN1C2CC(OC(=O)c3ccccc3)CC1C(OC(=O)c1ccccc1)C2O. The fourth-order valence-corrected chi connectivity index (χ4v) is 4.21. The predicted octanol–water partition coefficient (Wildman–Crippen LogP) is 2.27. The van der Waals surface area contributed by atoms with E-state index in [4.69, 9.17) is 9.47 Å². The van der Waals surface area contributed by atoms with Gasteiger partial charge in [0.25, 0.3) is 0 Å². The molecule has 4 rings (SSSR count). The lowest BCUT2D eigenvalue weighted by atomic mass is 10.00. The molecule has 5 atom stereocenters. The molecule has 2 aliphatic rings. The molecule has 28 heavy (non-hydrogen) atoms.